The number of hydrogen-bond donors (Lipinski definition) is 0. The third-order valence-electron chi connectivity index (χ3n) is 5.11. The lowest BCUT2D eigenvalue weighted by molar-refractivity contribution is 0.0600. The molecule has 0 atom stereocenters. The molecule has 0 spiro atoms. The van der Waals surface area contributed by atoms with Crippen LogP contribution in [0.25, 0.3) is 11.4 Å². The van der Waals surface area contributed by atoms with E-state index in [1.807, 2.05) is 13.8 Å². The van der Waals surface area contributed by atoms with E-state index in [1.54, 1.807) is 30.5 Å². The molecule has 156 valence electrons. The SMILES string of the molecule is COC(=O)c1ccc(-c2noc(CN3CCN(c4nc(C)cnc4C)CC3)n2)cc1. The molecule has 1 aliphatic rings. The maximum atomic E-state index is 11.5. The molecule has 9 nitrogen and oxygen atoms in total. The van der Waals surface area contributed by atoms with Crippen LogP contribution in [0.4, 0.5) is 5.82 Å². The van der Waals surface area contributed by atoms with Crippen molar-refractivity contribution < 1.29 is 14.1 Å². The Balaban J connectivity index is 1.36. The fourth-order valence-electron chi connectivity index (χ4n) is 3.44. The van der Waals surface area contributed by atoms with Crippen LogP contribution < -0.4 is 4.90 Å². The second kappa shape index (κ2) is 8.58. The van der Waals surface area contributed by atoms with Gasteiger partial charge in [0, 0.05) is 37.9 Å². The Labute approximate surface area is 174 Å². The molecule has 0 N–H and O–H groups in total. The van der Waals surface area contributed by atoms with Gasteiger partial charge in [-0.1, -0.05) is 17.3 Å². The molecule has 4 rings (SSSR count). The highest BCUT2D eigenvalue weighted by Crippen LogP contribution is 2.20. The highest BCUT2D eigenvalue weighted by molar-refractivity contribution is 5.89. The van der Waals surface area contributed by atoms with Gasteiger partial charge in [-0.3, -0.25) is 9.88 Å². The van der Waals surface area contributed by atoms with Crippen LogP contribution in [0.3, 0.4) is 0 Å². The molecule has 30 heavy (non-hydrogen) atoms. The van der Waals surface area contributed by atoms with Gasteiger partial charge in [0.15, 0.2) is 0 Å². The van der Waals surface area contributed by atoms with E-state index >= 15 is 0 Å². The Morgan fingerprint density at radius 2 is 1.83 bits per heavy atom. The predicted octanol–water partition coefficient (Wildman–Crippen LogP) is 2.25. The van der Waals surface area contributed by atoms with Gasteiger partial charge in [-0.25, -0.2) is 9.78 Å². The first-order chi connectivity index (χ1) is 14.5. The number of esters is 1. The number of rotatable bonds is 5. The Bertz CT molecular complexity index is 1030. The number of anilines is 1. The molecule has 1 aliphatic heterocycles. The second-order valence-corrected chi connectivity index (χ2v) is 7.26. The van der Waals surface area contributed by atoms with E-state index < -0.39 is 0 Å². The van der Waals surface area contributed by atoms with Gasteiger partial charge in [0.05, 0.1) is 30.6 Å². The van der Waals surface area contributed by atoms with E-state index in [1.165, 1.54) is 7.11 Å². The number of nitrogens with zero attached hydrogens (tertiary/aromatic N) is 6. The molecule has 0 radical (unpaired) electrons. The van der Waals surface area contributed by atoms with Crippen LogP contribution >= 0.6 is 0 Å². The lowest BCUT2D eigenvalue weighted by Gasteiger charge is -2.35. The molecule has 0 saturated carbocycles. The van der Waals surface area contributed by atoms with E-state index in [2.05, 4.69) is 29.9 Å². The summed E-state index contributed by atoms with van der Waals surface area (Å²) in [5.41, 5.74) is 3.15. The predicted molar refractivity (Wildman–Crippen MR) is 110 cm³/mol. The standard InChI is InChI=1S/C21H24N6O3/c1-14-12-22-15(2)20(23-14)27-10-8-26(9-11-27)13-18-24-19(25-30-18)16-4-6-17(7-5-16)21(28)29-3/h4-7,12H,8-11,13H2,1-3H3. The van der Waals surface area contributed by atoms with E-state index in [9.17, 15) is 4.79 Å². The summed E-state index contributed by atoms with van der Waals surface area (Å²) in [7, 11) is 1.36. The summed E-state index contributed by atoms with van der Waals surface area (Å²) in [5.74, 6) is 1.67. The zero-order chi connectivity index (χ0) is 21.1. The first-order valence-corrected chi connectivity index (χ1v) is 9.82. The Kier molecular flexibility index (Phi) is 5.71. The number of hydrogen-bond acceptors (Lipinski definition) is 9. The normalized spacial score (nSPS) is 14.7. The molecule has 0 unspecified atom stereocenters. The first kappa shape index (κ1) is 20.0. The number of aryl methyl sites for hydroxylation is 2. The van der Waals surface area contributed by atoms with E-state index in [0.717, 1.165) is 48.9 Å². The maximum absolute atomic E-state index is 11.5. The van der Waals surface area contributed by atoms with Gasteiger partial charge < -0.3 is 14.2 Å². The van der Waals surface area contributed by atoms with Crippen molar-refractivity contribution in [1.29, 1.82) is 0 Å². The largest absolute Gasteiger partial charge is 0.465 e. The number of aromatic nitrogens is 4. The van der Waals surface area contributed by atoms with Gasteiger partial charge in [0.25, 0.3) is 0 Å². The van der Waals surface area contributed by atoms with Crippen molar-refractivity contribution in [2.45, 2.75) is 20.4 Å². The number of methoxy groups -OCH3 is 1. The summed E-state index contributed by atoms with van der Waals surface area (Å²) in [6, 6.07) is 6.94. The van der Waals surface area contributed by atoms with Gasteiger partial charge in [0.2, 0.25) is 11.7 Å². The molecule has 9 heteroatoms. The number of benzene rings is 1. The van der Waals surface area contributed by atoms with Gasteiger partial charge in [-0.05, 0) is 26.0 Å². The van der Waals surface area contributed by atoms with Crippen molar-refractivity contribution in [3.05, 3.63) is 53.3 Å². The van der Waals surface area contributed by atoms with Crippen molar-refractivity contribution in [3.63, 3.8) is 0 Å². The highest BCUT2D eigenvalue weighted by atomic mass is 16.5. The van der Waals surface area contributed by atoms with Crippen LogP contribution in [0, 0.1) is 13.8 Å². The summed E-state index contributed by atoms with van der Waals surface area (Å²) >= 11 is 0. The summed E-state index contributed by atoms with van der Waals surface area (Å²) < 4.78 is 10.2. The minimum absolute atomic E-state index is 0.374. The number of ether oxygens (including phenoxy) is 1. The Hall–Kier alpha value is -3.33. The van der Waals surface area contributed by atoms with E-state index in [-0.39, 0.29) is 5.97 Å². The summed E-state index contributed by atoms with van der Waals surface area (Å²) in [6.45, 7) is 8.04. The van der Waals surface area contributed by atoms with Crippen molar-refractivity contribution in [2.24, 2.45) is 0 Å². The molecule has 1 saturated heterocycles. The average molecular weight is 408 g/mol. The zero-order valence-electron chi connectivity index (χ0n) is 17.3. The maximum Gasteiger partial charge on any atom is 0.337 e. The molecule has 3 heterocycles. The van der Waals surface area contributed by atoms with Crippen LogP contribution in [0.1, 0.15) is 27.6 Å². The minimum atomic E-state index is -0.374. The zero-order valence-corrected chi connectivity index (χ0v) is 17.3. The minimum Gasteiger partial charge on any atom is -0.465 e. The highest BCUT2D eigenvalue weighted by Gasteiger charge is 2.22. The van der Waals surface area contributed by atoms with Crippen molar-refractivity contribution in [1.82, 2.24) is 25.0 Å². The molecule has 0 bridgehead atoms. The molecule has 3 aromatic rings. The van der Waals surface area contributed by atoms with Gasteiger partial charge in [-0.15, -0.1) is 0 Å². The summed E-state index contributed by atoms with van der Waals surface area (Å²) in [4.78, 5) is 29.7. The van der Waals surface area contributed by atoms with Crippen LogP contribution in [0.2, 0.25) is 0 Å². The van der Waals surface area contributed by atoms with Gasteiger partial charge in [0.1, 0.15) is 5.82 Å². The topological polar surface area (TPSA) is 97.5 Å². The first-order valence-electron chi connectivity index (χ1n) is 9.82. The third-order valence-corrected chi connectivity index (χ3v) is 5.11. The number of piperazine rings is 1. The van der Waals surface area contributed by atoms with Gasteiger partial charge >= 0.3 is 5.97 Å². The number of carbonyl (C=O) groups is 1. The van der Waals surface area contributed by atoms with Crippen LogP contribution in [0.15, 0.2) is 35.0 Å². The molecular formula is C21H24N6O3. The van der Waals surface area contributed by atoms with Crippen molar-refractivity contribution >= 4 is 11.8 Å². The van der Waals surface area contributed by atoms with Crippen LogP contribution in [-0.2, 0) is 11.3 Å². The molecule has 0 aliphatic carbocycles. The van der Waals surface area contributed by atoms with Crippen LogP contribution in [-0.4, -0.2) is 64.3 Å². The van der Waals surface area contributed by atoms with E-state index in [4.69, 9.17) is 9.26 Å². The van der Waals surface area contributed by atoms with Crippen molar-refractivity contribution in [2.75, 3.05) is 38.2 Å². The lowest BCUT2D eigenvalue weighted by Crippen LogP contribution is -2.46. The monoisotopic (exact) mass is 408 g/mol. The number of carbonyl (C=O) groups excluding carboxylic acids is 1. The Morgan fingerprint density at radius 3 is 2.53 bits per heavy atom. The fraction of sp³-hybridized carbons (Fsp3) is 0.381. The van der Waals surface area contributed by atoms with Crippen LogP contribution in [0.5, 0.6) is 0 Å². The van der Waals surface area contributed by atoms with Crippen molar-refractivity contribution in [3.8, 4) is 11.4 Å². The average Bonchev–Trinajstić information content (AvgIpc) is 3.24. The second-order valence-electron chi connectivity index (χ2n) is 7.26. The molecule has 1 fully saturated rings. The lowest BCUT2D eigenvalue weighted by atomic mass is 10.1. The molecule has 1 aromatic carbocycles. The molecular weight excluding hydrogens is 384 g/mol. The Morgan fingerprint density at radius 1 is 1.10 bits per heavy atom. The molecule has 0 amide bonds. The van der Waals surface area contributed by atoms with E-state index in [0.29, 0.717) is 23.8 Å². The summed E-state index contributed by atoms with van der Waals surface area (Å²) in [6.07, 6.45) is 1.80. The molecule has 2 aromatic heterocycles. The van der Waals surface area contributed by atoms with Gasteiger partial charge in [-0.2, -0.15) is 4.98 Å². The smallest absolute Gasteiger partial charge is 0.337 e. The quantitative estimate of drug-likeness (QED) is 0.589. The third kappa shape index (κ3) is 4.30. The summed E-state index contributed by atoms with van der Waals surface area (Å²) in [5, 5.41) is 4.07. The fourth-order valence-corrected chi connectivity index (χ4v) is 3.44.